The van der Waals surface area contributed by atoms with E-state index in [0.717, 1.165) is 18.8 Å². The summed E-state index contributed by atoms with van der Waals surface area (Å²) in [6.45, 7) is 4.12. The zero-order valence-corrected chi connectivity index (χ0v) is 12.3. The Bertz CT molecular complexity index is 569. The van der Waals surface area contributed by atoms with Gasteiger partial charge in [-0.05, 0) is 43.4 Å². The third kappa shape index (κ3) is 2.77. The quantitative estimate of drug-likeness (QED) is 0.907. The van der Waals surface area contributed by atoms with Gasteiger partial charge in [0.15, 0.2) is 0 Å². The first-order valence-electron chi connectivity index (χ1n) is 7.53. The first-order valence-corrected chi connectivity index (χ1v) is 7.53. The van der Waals surface area contributed by atoms with Crippen molar-refractivity contribution in [2.75, 3.05) is 6.54 Å². The van der Waals surface area contributed by atoms with E-state index in [1.807, 2.05) is 13.2 Å². The minimum absolute atomic E-state index is 0.529. The lowest BCUT2D eigenvalue weighted by Crippen LogP contribution is -2.24. The van der Waals surface area contributed by atoms with Crippen molar-refractivity contribution in [3.8, 4) is 0 Å². The molecular formula is C15H23N5. The Morgan fingerprint density at radius 1 is 1.35 bits per heavy atom. The molecule has 1 unspecified atom stereocenters. The Kier molecular flexibility index (Phi) is 3.87. The van der Waals surface area contributed by atoms with Crippen molar-refractivity contribution in [1.82, 2.24) is 24.9 Å². The number of hydrogen-bond acceptors (Lipinski definition) is 3. The molecule has 20 heavy (non-hydrogen) atoms. The summed E-state index contributed by atoms with van der Waals surface area (Å²) >= 11 is 0. The molecule has 5 heteroatoms. The molecule has 0 radical (unpaired) electrons. The van der Waals surface area contributed by atoms with Crippen LogP contribution in [0.25, 0.3) is 0 Å². The second-order valence-corrected chi connectivity index (χ2v) is 5.69. The van der Waals surface area contributed by atoms with Crippen LogP contribution in [0.2, 0.25) is 0 Å². The van der Waals surface area contributed by atoms with E-state index in [4.69, 9.17) is 0 Å². The van der Waals surface area contributed by atoms with Gasteiger partial charge in [-0.3, -0.25) is 4.68 Å². The summed E-state index contributed by atoms with van der Waals surface area (Å²) in [5.74, 6) is 0. The Morgan fingerprint density at radius 2 is 2.25 bits per heavy atom. The van der Waals surface area contributed by atoms with Crippen molar-refractivity contribution < 1.29 is 0 Å². The molecule has 0 aliphatic heterocycles. The van der Waals surface area contributed by atoms with E-state index < -0.39 is 0 Å². The minimum atomic E-state index is 0.529. The van der Waals surface area contributed by atoms with Gasteiger partial charge in [-0.1, -0.05) is 12.1 Å². The number of nitrogens with one attached hydrogen (secondary N) is 1. The van der Waals surface area contributed by atoms with Gasteiger partial charge in [-0.15, -0.1) is 5.10 Å². The smallest absolute Gasteiger partial charge is 0.102 e. The Balaban J connectivity index is 1.76. The van der Waals surface area contributed by atoms with Crippen molar-refractivity contribution in [3.05, 3.63) is 35.4 Å². The van der Waals surface area contributed by atoms with E-state index in [1.54, 1.807) is 4.68 Å². The maximum absolute atomic E-state index is 4.16. The van der Waals surface area contributed by atoms with Crippen LogP contribution in [0.3, 0.4) is 0 Å². The molecule has 0 spiro atoms. The molecule has 1 N–H and O–H groups in total. The van der Waals surface area contributed by atoms with Crippen molar-refractivity contribution >= 4 is 0 Å². The van der Waals surface area contributed by atoms with Gasteiger partial charge in [-0.2, -0.15) is 0 Å². The van der Waals surface area contributed by atoms with Gasteiger partial charge in [0.1, 0.15) is 5.69 Å². The zero-order chi connectivity index (χ0) is 13.9. The van der Waals surface area contributed by atoms with E-state index in [1.165, 1.54) is 36.8 Å². The molecule has 5 nitrogen and oxygen atoms in total. The molecule has 2 heterocycles. The molecule has 0 saturated heterocycles. The van der Waals surface area contributed by atoms with Crippen LogP contribution in [-0.4, -0.2) is 26.1 Å². The first-order chi connectivity index (χ1) is 9.76. The molecule has 2 aromatic rings. The summed E-state index contributed by atoms with van der Waals surface area (Å²) in [5, 5.41) is 11.8. The number of rotatable bonds is 5. The van der Waals surface area contributed by atoms with Gasteiger partial charge in [0, 0.05) is 31.7 Å². The predicted molar refractivity (Wildman–Crippen MR) is 78.5 cm³/mol. The number of nitrogens with zero attached hydrogens (tertiary/aromatic N) is 4. The zero-order valence-electron chi connectivity index (χ0n) is 12.3. The van der Waals surface area contributed by atoms with Gasteiger partial charge >= 0.3 is 0 Å². The molecule has 2 aromatic heterocycles. The monoisotopic (exact) mass is 273 g/mol. The average Bonchev–Trinajstić information content (AvgIpc) is 3.02. The fraction of sp³-hybridized carbons (Fsp3) is 0.600. The van der Waals surface area contributed by atoms with Crippen molar-refractivity contribution in [2.24, 2.45) is 7.05 Å². The lowest BCUT2D eigenvalue weighted by Gasteiger charge is -2.23. The predicted octanol–water partition coefficient (Wildman–Crippen LogP) is 2.04. The fourth-order valence-corrected chi connectivity index (χ4v) is 3.02. The van der Waals surface area contributed by atoms with Gasteiger partial charge in [-0.25, -0.2) is 0 Å². The highest BCUT2D eigenvalue weighted by molar-refractivity contribution is 5.30. The highest BCUT2D eigenvalue weighted by Gasteiger charge is 2.21. The maximum Gasteiger partial charge on any atom is 0.102 e. The van der Waals surface area contributed by atoms with Crippen LogP contribution >= 0.6 is 0 Å². The number of hydrogen-bond donors (Lipinski definition) is 1. The largest absolute Gasteiger partial charge is 0.348 e. The number of aromatic nitrogens is 4. The molecule has 1 atom stereocenters. The molecular weight excluding hydrogens is 250 g/mol. The average molecular weight is 273 g/mol. The molecule has 1 aliphatic rings. The Labute approximate surface area is 120 Å². The topological polar surface area (TPSA) is 47.7 Å². The van der Waals surface area contributed by atoms with E-state index in [2.05, 4.69) is 39.5 Å². The van der Waals surface area contributed by atoms with Crippen LogP contribution in [0, 0.1) is 0 Å². The summed E-state index contributed by atoms with van der Waals surface area (Å²) in [6.07, 6.45) is 11.5. The lowest BCUT2D eigenvalue weighted by molar-refractivity contribution is 0.462. The van der Waals surface area contributed by atoms with Crippen LogP contribution < -0.4 is 5.32 Å². The highest BCUT2D eigenvalue weighted by Crippen LogP contribution is 2.30. The number of aryl methyl sites for hydroxylation is 2. The molecule has 0 bridgehead atoms. The van der Waals surface area contributed by atoms with Crippen LogP contribution in [0.15, 0.2) is 18.6 Å². The third-order valence-electron chi connectivity index (χ3n) is 3.95. The SMILES string of the molecule is CCCNC1CCCc2cn(Cc3cn(C)nn3)cc21. The lowest BCUT2D eigenvalue weighted by atomic mass is 9.91. The normalized spacial score (nSPS) is 18.2. The van der Waals surface area contributed by atoms with Crippen molar-refractivity contribution in [3.63, 3.8) is 0 Å². The van der Waals surface area contributed by atoms with Crippen molar-refractivity contribution in [2.45, 2.75) is 45.2 Å². The molecule has 0 amide bonds. The van der Waals surface area contributed by atoms with Gasteiger partial charge < -0.3 is 9.88 Å². The summed E-state index contributed by atoms with van der Waals surface area (Å²) in [4.78, 5) is 0. The third-order valence-corrected chi connectivity index (χ3v) is 3.95. The molecule has 0 saturated carbocycles. The molecule has 0 fully saturated rings. The molecule has 0 aromatic carbocycles. The molecule has 108 valence electrons. The van der Waals surface area contributed by atoms with Crippen LogP contribution in [0.1, 0.15) is 49.0 Å². The Hall–Kier alpha value is -1.62. The second-order valence-electron chi connectivity index (χ2n) is 5.69. The van der Waals surface area contributed by atoms with Crippen LogP contribution in [0.4, 0.5) is 0 Å². The van der Waals surface area contributed by atoms with E-state index >= 15 is 0 Å². The van der Waals surface area contributed by atoms with E-state index in [9.17, 15) is 0 Å². The number of fused-ring (bicyclic) bond motifs is 1. The van der Waals surface area contributed by atoms with Crippen LogP contribution in [0.5, 0.6) is 0 Å². The molecule has 1 aliphatic carbocycles. The van der Waals surface area contributed by atoms with E-state index in [0.29, 0.717) is 6.04 Å². The summed E-state index contributed by atoms with van der Waals surface area (Å²) in [7, 11) is 1.90. The summed E-state index contributed by atoms with van der Waals surface area (Å²) < 4.78 is 4.00. The first kappa shape index (κ1) is 13.4. The van der Waals surface area contributed by atoms with E-state index in [-0.39, 0.29) is 0 Å². The van der Waals surface area contributed by atoms with Gasteiger partial charge in [0.05, 0.1) is 6.54 Å². The standard InChI is InChI=1S/C15H23N5/c1-3-7-16-15-6-4-5-12-8-20(11-14(12)15)10-13-9-19(2)18-17-13/h8-9,11,15-16H,3-7,10H2,1-2H3. The maximum atomic E-state index is 4.16. The second kappa shape index (κ2) is 5.79. The molecule has 3 rings (SSSR count). The Morgan fingerprint density at radius 3 is 3.00 bits per heavy atom. The minimum Gasteiger partial charge on any atom is -0.348 e. The van der Waals surface area contributed by atoms with Gasteiger partial charge in [0.25, 0.3) is 0 Å². The van der Waals surface area contributed by atoms with Gasteiger partial charge in [0.2, 0.25) is 0 Å². The summed E-state index contributed by atoms with van der Waals surface area (Å²) in [5.41, 5.74) is 3.99. The fourth-order valence-electron chi connectivity index (χ4n) is 3.02. The van der Waals surface area contributed by atoms with Crippen molar-refractivity contribution in [1.29, 1.82) is 0 Å². The summed E-state index contributed by atoms with van der Waals surface area (Å²) in [6, 6.07) is 0.529. The highest BCUT2D eigenvalue weighted by atomic mass is 15.4. The van der Waals surface area contributed by atoms with Crippen LogP contribution in [-0.2, 0) is 20.0 Å².